The first-order chi connectivity index (χ1) is 31.1. The highest BCUT2D eigenvalue weighted by atomic mass is 16.7. The fourth-order valence-corrected chi connectivity index (χ4v) is 6.72. The van der Waals surface area contributed by atoms with Gasteiger partial charge in [-0.1, -0.05) is 19.3 Å². The van der Waals surface area contributed by atoms with E-state index in [0.29, 0.717) is 77.4 Å². The fourth-order valence-electron chi connectivity index (χ4n) is 6.72. The zero-order valence-corrected chi connectivity index (χ0v) is 36.9. The molecule has 2 aliphatic heterocycles. The Hall–Kier alpha value is -3.70. The molecule has 25 nitrogen and oxygen atoms in total. The van der Waals surface area contributed by atoms with Gasteiger partial charge < -0.3 is 92.1 Å². The van der Waals surface area contributed by atoms with Gasteiger partial charge in [0.05, 0.1) is 46.1 Å². The van der Waals surface area contributed by atoms with E-state index in [-0.39, 0.29) is 77.0 Å². The van der Waals surface area contributed by atoms with Gasteiger partial charge >= 0.3 is 0 Å². The normalized spacial score (nSPS) is 25.4. The standard InChI is InChI=1S/C40H73N7O18/c41-27(50)10-4-1-7-13-42-30(53)20-47(21-31(54)43-14-8-2-5-11-28(51)45-16-18-62-39-37(60)35(58)33(56)25(23-48)64-39)22-32(55)44-15-9-3-6-12-29(52)46-17-19-63-40-38(61)36(59)34(57)26(24-49)65-40/h25-26,33-40,48-49,56-61H,1-24H2,(H2,41,50)(H,42,53)(H,43,54)(H,44,55)(H,45,51)(H,46,52)/t25?,26?,33-,34-,35?,36?,37?,38?,39+,40+/m1/s1. The lowest BCUT2D eigenvalue weighted by molar-refractivity contribution is -0.300. The number of carbonyl (C=O) groups is 6. The van der Waals surface area contributed by atoms with Crippen LogP contribution in [-0.2, 0) is 47.7 Å². The van der Waals surface area contributed by atoms with Crippen molar-refractivity contribution < 1.29 is 88.6 Å². The maximum atomic E-state index is 12.8. The molecular formula is C40H73N7O18. The van der Waals surface area contributed by atoms with Gasteiger partial charge in [0.25, 0.3) is 0 Å². The number of primary amides is 1. The van der Waals surface area contributed by atoms with Crippen molar-refractivity contribution >= 4 is 35.4 Å². The van der Waals surface area contributed by atoms with Crippen LogP contribution in [0.3, 0.4) is 0 Å². The SMILES string of the molecule is NC(=O)CCCCCNC(=O)CN(CC(=O)NCCCCCC(=O)NCCO[C@H]1OC(CO)[C@@H](O)C(O)C1O)CC(=O)NCCCCCC(=O)NCCO[C@H]1OC(CO)[C@@H](O)C(O)C1O. The summed E-state index contributed by atoms with van der Waals surface area (Å²) in [7, 11) is 0. The van der Waals surface area contributed by atoms with Crippen molar-refractivity contribution in [2.45, 2.75) is 138 Å². The average Bonchev–Trinajstić information content (AvgIpc) is 3.26. The Morgan fingerprint density at radius 2 is 0.785 bits per heavy atom. The largest absolute Gasteiger partial charge is 0.394 e. The molecule has 6 amide bonds. The van der Waals surface area contributed by atoms with Gasteiger partial charge in [-0.05, 0) is 38.5 Å². The molecule has 2 rings (SSSR count). The molecule has 0 aromatic heterocycles. The van der Waals surface area contributed by atoms with E-state index in [4.69, 9.17) is 24.7 Å². The van der Waals surface area contributed by atoms with E-state index in [2.05, 4.69) is 26.6 Å². The van der Waals surface area contributed by atoms with Gasteiger partial charge in [-0.25, -0.2) is 0 Å². The van der Waals surface area contributed by atoms with E-state index in [0.717, 1.165) is 0 Å². The average molecular weight is 940 g/mol. The third-order valence-corrected chi connectivity index (χ3v) is 10.4. The number of aliphatic hydroxyl groups excluding tert-OH is 8. The second-order valence-corrected chi connectivity index (χ2v) is 15.9. The molecule has 376 valence electrons. The van der Waals surface area contributed by atoms with Crippen molar-refractivity contribution in [2.75, 3.05) is 78.8 Å². The van der Waals surface area contributed by atoms with Gasteiger partial charge in [0.2, 0.25) is 35.4 Å². The van der Waals surface area contributed by atoms with Crippen LogP contribution in [0.4, 0.5) is 0 Å². The summed E-state index contributed by atoms with van der Waals surface area (Å²) in [5.41, 5.74) is 5.16. The smallest absolute Gasteiger partial charge is 0.234 e. The Labute approximate surface area is 378 Å². The van der Waals surface area contributed by atoms with Gasteiger partial charge in [-0.2, -0.15) is 0 Å². The summed E-state index contributed by atoms with van der Waals surface area (Å²) in [6, 6.07) is 0. The Morgan fingerprint density at radius 1 is 0.446 bits per heavy atom. The highest BCUT2D eigenvalue weighted by molar-refractivity contribution is 5.84. The van der Waals surface area contributed by atoms with E-state index >= 15 is 0 Å². The molecule has 6 unspecified atom stereocenters. The molecule has 0 bridgehead atoms. The number of carbonyl (C=O) groups excluding carboxylic acids is 6. The van der Waals surface area contributed by atoms with Crippen molar-refractivity contribution in [3.8, 4) is 0 Å². The Kier molecular flexibility index (Phi) is 29.1. The molecule has 65 heavy (non-hydrogen) atoms. The first-order valence-corrected chi connectivity index (χ1v) is 22.3. The van der Waals surface area contributed by atoms with E-state index < -0.39 is 98.3 Å². The summed E-state index contributed by atoms with van der Waals surface area (Å²) in [5, 5.41) is 91.6. The lowest BCUT2D eigenvalue weighted by Gasteiger charge is -2.39. The van der Waals surface area contributed by atoms with E-state index in [9.17, 15) is 69.6 Å². The third-order valence-electron chi connectivity index (χ3n) is 10.4. The predicted molar refractivity (Wildman–Crippen MR) is 226 cm³/mol. The molecule has 2 heterocycles. The van der Waals surface area contributed by atoms with Crippen LogP contribution in [0.15, 0.2) is 0 Å². The molecule has 0 aromatic rings. The summed E-state index contributed by atoms with van der Waals surface area (Å²) in [6.45, 7) is -0.945. The molecule has 0 aliphatic carbocycles. The van der Waals surface area contributed by atoms with Crippen LogP contribution in [0.5, 0.6) is 0 Å². The predicted octanol–water partition coefficient (Wildman–Crippen LogP) is -6.33. The summed E-state index contributed by atoms with van der Waals surface area (Å²) >= 11 is 0. The Balaban J connectivity index is 1.65. The quantitative estimate of drug-likeness (QED) is 0.0267. The molecule has 25 heteroatoms. The molecule has 0 aromatic carbocycles. The van der Waals surface area contributed by atoms with Crippen molar-refractivity contribution in [1.29, 1.82) is 0 Å². The van der Waals surface area contributed by atoms with Gasteiger partial charge in [0.1, 0.15) is 48.8 Å². The van der Waals surface area contributed by atoms with Crippen LogP contribution >= 0.6 is 0 Å². The molecule has 0 radical (unpaired) electrons. The highest BCUT2D eigenvalue weighted by Crippen LogP contribution is 2.23. The summed E-state index contributed by atoms with van der Waals surface area (Å²) in [4.78, 5) is 75.1. The zero-order chi connectivity index (χ0) is 48.1. The number of hydrogen-bond acceptors (Lipinski definition) is 19. The number of aliphatic hydroxyl groups is 8. The van der Waals surface area contributed by atoms with Crippen LogP contribution in [0.1, 0.15) is 77.0 Å². The molecule has 0 saturated carbocycles. The van der Waals surface area contributed by atoms with Gasteiger partial charge in [-0.15, -0.1) is 0 Å². The van der Waals surface area contributed by atoms with E-state index in [1.165, 1.54) is 4.90 Å². The molecule has 2 aliphatic rings. The van der Waals surface area contributed by atoms with Crippen molar-refractivity contribution in [1.82, 2.24) is 31.5 Å². The number of amides is 6. The lowest BCUT2D eigenvalue weighted by atomic mass is 9.99. The van der Waals surface area contributed by atoms with Crippen molar-refractivity contribution in [3.63, 3.8) is 0 Å². The van der Waals surface area contributed by atoms with E-state index in [1.54, 1.807) is 0 Å². The first kappa shape index (κ1) is 57.4. The number of nitrogens with one attached hydrogen (secondary N) is 5. The maximum absolute atomic E-state index is 12.8. The zero-order valence-electron chi connectivity index (χ0n) is 36.9. The van der Waals surface area contributed by atoms with E-state index in [1.807, 2.05) is 0 Å². The second kappa shape index (κ2) is 32.9. The minimum atomic E-state index is -1.57. The summed E-state index contributed by atoms with van der Waals surface area (Å²) < 4.78 is 21.2. The number of ether oxygens (including phenoxy) is 4. The third kappa shape index (κ3) is 23.5. The maximum Gasteiger partial charge on any atom is 0.234 e. The molecule has 2 fully saturated rings. The number of nitrogens with two attached hydrogens (primary N) is 1. The van der Waals surface area contributed by atoms with Crippen LogP contribution in [-0.4, -0.2) is 221 Å². The van der Waals surface area contributed by atoms with Crippen LogP contribution in [0.2, 0.25) is 0 Å². The molecule has 10 atom stereocenters. The number of hydrogen-bond donors (Lipinski definition) is 14. The number of rotatable bonds is 34. The fraction of sp³-hybridized carbons (Fsp3) is 0.850. The number of nitrogens with zero attached hydrogens (tertiary/aromatic N) is 1. The Morgan fingerprint density at radius 3 is 1.12 bits per heavy atom. The topological polar surface area (TPSA) is 391 Å². The number of unbranched alkanes of at least 4 members (excludes halogenated alkanes) is 6. The highest BCUT2D eigenvalue weighted by Gasteiger charge is 2.45. The van der Waals surface area contributed by atoms with Gasteiger partial charge in [0, 0.05) is 52.0 Å². The molecule has 15 N–H and O–H groups in total. The lowest BCUT2D eigenvalue weighted by Crippen LogP contribution is -2.59. The summed E-state index contributed by atoms with van der Waals surface area (Å²) in [5.74, 6) is -2.13. The van der Waals surface area contributed by atoms with Gasteiger partial charge in [-0.3, -0.25) is 33.7 Å². The minimum absolute atomic E-state index is 0.0654. The first-order valence-electron chi connectivity index (χ1n) is 22.3. The van der Waals surface area contributed by atoms with Crippen molar-refractivity contribution in [2.24, 2.45) is 5.73 Å². The van der Waals surface area contributed by atoms with Crippen LogP contribution in [0.25, 0.3) is 0 Å². The molecule has 0 spiro atoms. The van der Waals surface area contributed by atoms with Crippen LogP contribution < -0.4 is 32.3 Å². The van der Waals surface area contributed by atoms with Crippen molar-refractivity contribution in [3.05, 3.63) is 0 Å². The second-order valence-electron chi connectivity index (χ2n) is 15.9. The van der Waals surface area contributed by atoms with Crippen LogP contribution in [0, 0.1) is 0 Å². The molecular weight excluding hydrogens is 866 g/mol. The minimum Gasteiger partial charge on any atom is -0.394 e. The monoisotopic (exact) mass is 940 g/mol. The Bertz CT molecular complexity index is 1340. The molecule has 2 saturated heterocycles. The van der Waals surface area contributed by atoms with Gasteiger partial charge in [0.15, 0.2) is 12.6 Å². The summed E-state index contributed by atoms with van der Waals surface area (Å²) in [6.07, 6.45) is -8.16.